The topological polar surface area (TPSA) is 68.3 Å². The molecule has 176 valence electrons. The molecule has 0 fully saturated rings. The second-order valence-electron chi connectivity index (χ2n) is 8.67. The van der Waals surface area contributed by atoms with Gasteiger partial charge in [-0.05, 0) is 59.0 Å². The van der Waals surface area contributed by atoms with Crippen molar-refractivity contribution in [3.8, 4) is 0 Å². The molecule has 1 amide bonds. The standard InChI is InChI=1S/C30H22N2O3S/c33-27(31-25-13-5-8-19-7-1-2-10-22(19)25)18-35-30(34)28-23-11-3-4-12-26(23)32-29-20(14-15-24(28)29)17-21-9-6-16-36-21/h1-13,16-17H,14-15,18H2,(H,31,33). The van der Waals surface area contributed by atoms with Crippen molar-refractivity contribution >= 4 is 62.2 Å². The van der Waals surface area contributed by atoms with Crippen molar-refractivity contribution in [2.75, 3.05) is 11.9 Å². The fourth-order valence-electron chi connectivity index (χ4n) is 4.78. The summed E-state index contributed by atoms with van der Waals surface area (Å²) in [5.74, 6) is -0.886. The number of carbonyl (C=O) groups excluding carboxylic acids is 2. The Labute approximate surface area is 212 Å². The van der Waals surface area contributed by atoms with Gasteiger partial charge in [0.2, 0.25) is 0 Å². The van der Waals surface area contributed by atoms with Gasteiger partial charge in [0.15, 0.2) is 6.61 Å². The van der Waals surface area contributed by atoms with Crippen LogP contribution in [0.15, 0.2) is 84.2 Å². The maximum Gasteiger partial charge on any atom is 0.339 e. The minimum absolute atomic E-state index is 0.370. The van der Waals surface area contributed by atoms with E-state index in [1.54, 1.807) is 11.3 Å². The molecule has 0 saturated heterocycles. The molecule has 0 bridgehead atoms. The first kappa shape index (κ1) is 22.2. The summed E-state index contributed by atoms with van der Waals surface area (Å²) in [4.78, 5) is 32.1. The Bertz CT molecular complexity index is 1650. The van der Waals surface area contributed by atoms with E-state index >= 15 is 0 Å². The lowest BCUT2D eigenvalue weighted by Crippen LogP contribution is -2.22. The second kappa shape index (κ2) is 9.40. The molecular weight excluding hydrogens is 468 g/mol. The summed E-state index contributed by atoms with van der Waals surface area (Å²) in [5, 5.41) is 7.62. The van der Waals surface area contributed by atoms with E-state index in [4.69, 9.17) is 9.72 Å². The van der Waals surface area contributed by atoms with Gasteiger partial charge in [-0.25, -0.2) is 9.78 Å². The van der Waals surface area contributed by atoms with Crippen molar-refractivity contribution < 1.29 is 14.3 Å². The highest BCUT2D eigenvalue weighted by Crippen LogP contribution is 2.38. The van der Waals surface area contributed by atoms with Gasteiger partial charge in [-0.15, -0.1) is 11.3 Å². The zero-order valence-electron chi connectivity index (χ0n) is 19.4. The van der Waals surface area contributed by atoms with E-state index in [0.29, 0.717) is 17.7 Å². The lowest BCUT2D eigenvalue weighted by molar-refractivity contribution is -0.119. The van der Waals surface area contributed by atoms with Crippen LogP contribution in [0.2, 0.25) is 0 Å². The Hall–Kier alpha value is -4.29. The number of anilines is 1. The van der Waals surface area contributed by atoms with E-state index in [-0.39, 0.29) is 12.5 Å². The molecule has 36 heavy (non-hydrogen) atoms. The van der Waals surface area contributed by atoms with E-state index in [1.165, 1.54) is 0 Å². The third-order valence-corrected chi connectivity index (χ3v) is 7.22. The van der Waals surface area contributed by atoms with Gasteiger partial charge in [0.1, 0.15) is 0 Å². The van der Waals surface area contributed by atoms with Crippen molar-refractivity contribution in [2.45, 2.75) is 12.8 Å². The lowest BCUT2D eigenvalue weighted by Gasteiger charge is -2.13. The molecule has 1 aliphatic carbocycles. The summed E-state index contributed by atoms with van der Waals surface area (Å²) >= 11 is 1.67. The van der Waals surface area contributed by atoms with Gasteiger partial charge in [0.05, 0.1) is 16.8 Å². The van der Waals surface area contributed by atoms with Gasteiger partial charge in [-0.1, -0.05) is 60.7 Å². The molecule has 2 aromatic heterocycles. The highest BCUT2D eigenvalue weighted by atomic mass is 32.1. The number of aromatic nitrogens is 1. The minimum Gasteiger partial charge on any atom is -0.452 e. The third-order valence-electron chi connectivity index (χ3n) is 6.40. The van der Waals surface area contributed by atoms with Crippen LogP contribution in [-0.4, -0.2) is 23.5 Å². The van der Waals surface area contributed by atoms with Crippen LogP contribution in [0, 0.1) is 0 Å². The van der Waals surface area contributed by atoms with Gasteiger partial charge in [0.25, 0.3) is 5.91 Å². The van der Waals surface area contributed by atoms with Crippen LogP contribution in [-0.2, 0) is 16.0 Å². The number of rotatable bonds is 5. The van der Waals surface area contributed by atoms with Gasteiger partial charge < -0.3 is 10.1 Å². The largest absolute Gasteiger partial charge is 0.452 e. The Morgan fingerprint density at radius 1 is 0.917 bits per heavy atom. The maximum absolute atomic E-state index is 13.4. The average Bonchev–Trinajstić information content (AvgIpc) is 3.56. The Balaban J connectivity index is 1.27. The molecule has 3 aromatic carbocycles. The van der Waals surface area contributed by atoms with Gasteiger partial charge >= 0.3 is 5.97 Å². The summed E-state index contributed by atoms with van der Waals surface area (Å²) in [6, 6.07) is 25.2. The summed E-state index contributed by atoms with van der Waals surface area (Å²) in [5.41, 5.74) is 4.77. The Morgan fingerprint density at radius 3 is 2.58 bits per heavy atom. The summed E-state index contributed by atoms with van der Waals surface area (Å²) in [7, 11) is 0. The Morgan fingerprint density at radius 2 is 1.72 bits per heavy atom. The highest BCUT2D eigenvalue weighted by Gasteiger charge is 2.28. The van der Waals surface area contributed by atoms with Crippen LogP contribution in [0.5, 0.6) is 0 Å². The number of hydrogen-bond donors (Lipinski definition) is 1. The first-order valence-corrected chi connectivity index (χ1v) is 12.7. The number of fused-ring (bicyclic) bond motifs is 3. The number of nitrogens with one attached hydrogen (secondary N) is 1. The number of para-hydroxylation sites is 1. The highest BCUT2D eigenvalue weighted by molar-refractivity contribution is 7.10. The molecule has 0 spiro atoms. The predicted molar refractivity (Wildman–Crippen MR) is 145 cm³/mol. The normalized spacial score (nSPS) is 13.7. The first-order chi connectivity index (χ1) is 17.7. The number of amides is 1. The summed E-state index contributed by atoms with van der Waals surface area (Å²) < 4.78 is 5.55. The molecule has 0 saturated carbocycles. The van der Waals surface area contributed by atoms with Crippen LogP contribution >= 0.6 is 11.3 Å². The molecule has 0 aliphatic heterocycles. The van der Waals surface area contributed by atoms with Crippen LogP contribution in [0.4, 0.5) is 5.69 Å². The maximum atomic E-state index is 13.4. The smallest absolute Gasteiger partial charge is 0.339 e. The van der Waals surface area contributed by atoms with Crippen LogP contribution < -0.4 is 5.32 Å². The lowest BCUT2D eigenvalue weighted by atomic mass is 10.0. The summed E-state index contributed by atoms with van der Waals surface area (Å²) in [6.07, 6.45) is 3.65. The van der Waals surface area contributed by atoms with E-state index in [9.17, 15) is 9.59 Å². The molecule has 5 nitrogen and oxygen atoms in total. The number of pyridine rings is 1. The second-order valence-corrected chi connectivity index (χ2v) is 9.65. The number of allylic oxidation sites excluding steroid dienone is 1. The van der Waals surface area contributed by atoms with Gasteiger partial charge in [-0.3, -0.25) is 4.79 Å². The third kappa shape index (κ3) is 4.16. The molecule has 0 unspecified atom stereocenters. The predicted octanol–water partition coefficient (Wildman–Crippen LogP) is 6.73. The van der Waals surface area contributed by atoms with Crippen LogP contribution in [0.25, 0.3) is 33.3 Å². The van der Waals surface area contributed by atoms with E-state index in [1.807, 2.05) is 78.2 Å². The van der Waals surface area contributed by atoms with Crippen molar-refractivity contribution in [1.82, 2.24) is 4.98 Å². The van der Waals surface area contributed by atoms with Crippen LogP contribution in [0.3, 0.4) is 0 Å². The van der Waals surface area contributed by atoms with Crippen LogP contribution in [0.1, 0.15) is 32.9 Å². The number of esters is 1. The number of nitrogens with zero attached hydrogens (tertiary/aromatic N) is 1. The number of ether oxygens (including phenoxy) is 1. The minimum atomic E-state index is -0.504. The van der Waals surface area contributed by atoms with Crippen molar-refractivity contribution in [2.24, 2.45) is 0 Å². The Kier molecular flexibility index (Phi) is 5.79. The van der Waals surface area contributed by atoms with Crippen molar-refractivity contribution in [1.29, 1.82) is 0 Å². The zero-order chi connectivity index (χ0) is 24.5. The molecule has 6 heteroatoms. The summed E-state index contributed by atoms with van der Waals surface area (Å²) in [6.45, 7) is -0.370. The average molecular weight is 491 g/mol. The van der Waals surface area contributed by atoms with Gasteiger partial charge in [-0.2, -0.15) is 0 Å². The molecule has 2 heterocycles. The number of benzene rings is 3. The fraction of sp³-hybridized carbons (Fsp3) is 0.100. The molecule has 5 aromatic rings. The molecule has 6 rings (SSSR count). The monoisotopic (exact) mass is 490 g/mol. The number of thiophene rings is 1. The van der Waals surface area contributed by atoms with E-state index in [2.05, 4.69) is 17.5 Å². The van der Waals surface area contributed by atoms with E-state index < -0.39 is 5.97 Å². The zero-order valence-corrected chi connectivity index (χ0v) is 20.2. The SMILES string of the molecule is O=C(COC(=O)c1c2c(nc3ccccc13)C(=Cc1cccs1)CC2)Nc1cccc2ccccc12. The van der Waals surface area contributed by atoms with Crippen molar-refractivity contribution in [3.05, 3.63) is 106 Å². The molecular formula is C30H22N2O3S. The van der Waals surface area contributed by atoms with Gasteiger partial charge in [0, 0.05) is 21.3 Å². The molecule has 1 N–H and O–H groups in total. The van der Waals surface area contributed by atoms with Crippen molar-refractivity contribution in [3.63, 3.8) is 0 Å². The number of hydrogen-bond acceptors (Lipinski definition) is 5. The fourth-order valence-corrected chi connectivity index (χ4v) is 5.46. The molecule has 0 atom stereocenters. The van der Waals surface area contributed by atoms with E-state index in [0.717, 1.165) is 49.8 Å². The molecule has 0 radical (unpaired) electrons. The molecule has 1 aliphatic rings. The first-order valence-electron chi connectivity index (χ1n) is 11.8. The number of carbonyl (C=O) groups is 2. The quantitative estimate of drug-likeness (QED) is 0.277.